The third-order valence-corrected chi connectivity index (χ3v) is 4.58. The lowest BCUT2D eigenvalue weighted by Gasteiger charge is -2.27. The first-order chi connectivity index (χ1) is 10.2. The Kier molecular flexibility index (Phi) is 2.81. The highest BCUT2D eigenvalue weighted by Crippen LogP contribution is 2.40. The van der Waals surface area contributed by atoms with E-state index in [2.05, 4.69) is 17.4 Å². The lowest BCUT2D eigenvalue weighted by molar-refractivity contribution is -0.116. The van der Waals surface area contributed by atoms with Gasteiger partial charge in [-0.1, -0.05) is 18.2 Å². The SMILES string of the molecule is O=C1C[C@@H](c2ccc(F)cc2)c2cc3c(cc2N1)CCC3. The van der Waals surface area contributed by atoms with E-state index < -0.39 is 0 Å². The molecule has 0 saturated carbocycles. The number of rotatable bonds is 1. The fraction of sp³-hybridized carbons (Fsp3) is 0.278. The number of fused-ring (bicyclic) bond motifs is 2. The fourth-order valence-corrected chi connectivity index (χ4v) is 3.53. The first-order valence-corrected chi connectivity index (χ1v) is 7.42. The molecule has 1 aliphatic carbocycles. The first-order valence-electron chi connectivity index (χ1n) is 7.42. The molecule has 0 spiro atoms. The van der Waals surface area contributed by atoms with E-state index in [1.807, 2.05) is 0 Å². The van der Waals surface area contributed by atoms with Crippen LogP contribution in [0.3, 0.4) is 0 Å². The average Bonchev–Trinajstić information content (AvgIpc) is 2.92. The quantitative estimate of drug-likeness (QED) is 0.846. The van der Waals surface area contributed by atoms with E-state index in [-0.39, 0.29) is 17.6 Å². The van der Waals surface area contributed by atoms with Crippen molar-refractivity contribution in [3.63, 3.8) is 0 Å². The van der Waals surface area contributed by atoms with Crippen molar-refractivity contribution in [2.45, 2.75) is 31.6 Å². The summed E-state index contributed by atoms with van der Waals surface area (Å²) in [6.45, 7) is 0. The molecule has 106 valence electrons. The van der Waals surface area contributed by atoms with Crippen LogP contribution in [-0.4, -0.2) is 5.91 Å². The van der Waals surface area contributed by atoms with Gasteiger partial charge in [0.25, 0.3) is 0 Å². The molecule has 2 aromatic rings. The Morgan fingerprint density at radius 3 is 2.52 bits per heavy atom. The van der Waals surface area contributed by atoms with Crippen LogP contribution >= 0.6 is 0 Å². The maximum atomic E-state index is 13.1. The molecule has 1 aliphatic heterocycles. The Bertz CT molecular complexity index is 721. The van der Waals surface area contributed by atoms with Crippen LogP contribution in [0, 0.1) is 5.82 Å². The van der Waals surface area contributed by atoms with Crippen molar-refractivity contribution in [3.05, 3.63) is 64.5 Å². The molecular formula is C18H16FNO. The number of benzene rings is 2. The number of amides is 1. The van der Waals surface area contributed by atoms with Crippen LogP contribution in [0.25, 0.3) is 0 Å². The van der Waals surface area contributed by atoms with Crippen molar-refractivity contribution >= 4 is 11.6 Å². The highest BCUT2D eigenvalue weighted by Gasteiger charge is 2.28. The van der Waals surface area contributed by atoms with E-state index in [0.29, 0.717) is 6.42 Å². The van der Waals surface area contributed by atoms with Gasteiger partial charge in [0.15, 0.2) is 0 Å². The summed E-state index contributed by atoms with van der Waals surface area (Å²) in [7, 11) is 0. The number of carbonyl (C=O) groups is 1. The van der Waals surface area contributed by atoms with Gasteiger partial charge in [-0.2, -0.15) is 0 Å². The molecule has 1 heterocycles. The zero-order valence-electron chi connectivity index (χ0n) is 11.7. The first kappa shape index (κ1) is 12.6. The molecule has 1 amide bonds. The molecular weight excluding hydrogens is 265 g/mol. The monoisotopic (exact) mass is 281 g/mol. The molecule has 0 aromatic heterocycles. The van der Waals surface area contributed by atoms with E-state index in [4.69, 9.17) is 0 Å². The van der Waals surface area contributed by atoms with Gasteiger partial charge in [-0.3, -0.25) is 4.79 Å². The Balaban J connectivity index is 1.83. The van der Waals surface area contributed by atoms with Crippen LogP contribution in [0.4, 0.5) is 10.1 Å². The zero-order chi connectivity index (χ0) is 14.4. The molecule has 0 unspecified atom stereocenters. The highest BCUT2D eigenvalue weighted by molar-refractivity contribution is 5.95. The van der Waals surface area contributed by atoms with Crippen LogP contribution in [0.1, 0.15) is 41.0 Å². The number of hydrogen-bond donors (Lipinski definition) is 1. The summed E-state index contributed by atoms with van der Waals surface area (Å²) in [5.74, 6) is -0.178. The summed E-state index contributed by atoms with van der Waals surface area (Å²) < 4.78 is 13.1. The lowest BCUT2D eigenvalue weighted by Crippen LogP contribution is -2.23. The Morgan fingerprint density at radius 1 is 1.05 bits per heavy atom. The summed E-state index contributed by atoms with van der Waals surface area (Å²) in [6.07, 6.45) is 3.83. The van der Waals surface area contributed by atoms with Crippen LogP contribution in [0.5, 0.6) is 0 Å². The summed E-state index contributed by atoms with van der Waals surface area (Å²) in [5, 5.41) is 2.99. The molecule has 2 aliphatic rings. The standard InChI is InChI=1S/C18H16FNO/c19-14-6-4-11(5-7-14)15-10-18(21)20-17-9-13-3-1-2-12(13)8-16(15)17/h4-9,15H,1-3,10H2,(H,20,21)/t15-/m0/s1. The zero-order valence-corrected chi connectivity index (χ0v) is 11.7. The van der Waals surface area contributed by atoms with Gasteiger partial charge in [-0.25, -0.2) is 4.39 Å². The number of nitrogens with one attached hydrogen (secondary N) is 1. The third kappa shape index (κ3) is 2.13. The van der Waals surface area contributed by atoms with Gasteiger partial charge in [0.1, 0.15) is 5.82 Å². The predicted octanol–water partition coefficient (Wildman–Crippen LogP) is 3.79. The Labute approximate surface area is 123 Å². The van der Waals surface area contributed by atoms with Gasteiger partial charge >= 0.3 is 0 Å². The molecule has 0 bridgehead atoms. The lowest BCUT2D eigenvalue weighted by atomic mass is 9.83. The number of carbonyl (C=O) groups excluding carboxylic acids is 1. The molecule has 0 radical (unpaired) electrons. The Morgan fingerprint density at radius 2 is 1.76 bits per heavy atom. The summed E-state index contributed by atoms with van der Waals surface area (Å²) in [6, 6.07) is 10.9. The number of anilines is 1. The van der Waals surface area contributed by atoms with Crippen LogP contribution in [-0.2, 0) is 17.6 Å². The second-order valence-electron chi connectivity index (χ2n) is 5.92. The van der Waals surface area contributed by atoms with Gasteiger partial charge in [-0.15, -0.1) is 0 Å². The van der Waals surface area contributed by atoms with Crippen molar-refractivity contribution in [3.8, 4) is 0 Å². The molecule has 21 heavy (non-hydrogen) atoms. The molecule has 1 N–H and O–H groups in total. The predicted molar refractivity (Wildman–Crippen MR) is 80.0 cm³/mol. The normalized spacial score (nSPS) is 19.9. The van der Waals surface area contributed by atoms with E-state index in [9.17, 15) is 9.18 Å². The summed E-state index contributed by atoms with van der Waals surface area (Å²) in [4.78, 5) is 12.0. The van der Waals surface area contributed by atoms with Crippen molar-refractivity contribution in [2.75, 3.05) is 5.32 Å². The molecule has 2 nitrogen and oxygen atoms in total. The van der Waals surface area contributed by atoms with E-state index in [1.54, 1.807) is 12.1 Å². The molecule has 0 saturated heterocycles. The summed E-state index contributed by atoms with van der Waals surface area (Å²) >= 11 is 0. The van der Waals surface area contributed by atoms with Gasteiger partial charge < -0.3 is 5.32 Å². The van der Waals surface area contributed by atoms with Crippen LogP contribution in [0.15, 0.2) is 36.4 Å². The van der Waals surface area contributed by atoms with E-state index in [1.165, 1.54) is 35.2 Å². The number of hydrogen-bond acceptors (Lipinski definition) is 1. The third-order valence-electron chi connectivity index (χ3n) is 4.58. The van der Waals surface area contributed by atoms with Gasteiger partial charge in [0.2, 0.25) is 5.91 Å². The number of halogens is 1. The van der Waals surface area contributed by atoms with Crippen molar-refractivity contribution in [1.29, 1.82) is 0 Å². The topological polar surface area (TPSA) is 29.1 Å². The van der Waals surface area contributed by atoms with Crippen molar-refractivity contribution in [1.82, 2.24) is 0 Å². The average molecular weight is 281 g/mol. The van der Waals surface area contributed by atoms with Gasteiger partial charge in [0.05, 0.1) is 0 Å². The van der Waals surface area contributed by atoms with Crippen molar-refractivity contribution < 1.29 is 9.18 Å². The van der Waals surface area contributed by atoms with Gasteiger partial charge in [-0.05, 0) is 59.7 Å². The second kappa shape index (κ2) is 4.69. The van der Waals surface area contributed by atoms with Gasteiger partial charge in [0, 0.05) is 18.0 Å². The largest absolute Gasteiger partial charge is 0.326 e. The van der Waals surface area contributed by atoms with Crippen LogP contribution < -0.4 is 5.32 Å². The van der Waals surface area contributed by atoms with E-state index in [0.717, 1.165) is 24.1 Å². The fourth-order valence-electron chi connectivity index (χ4n) is 3.53. The number of aryl methyl sites for hydroxylation is 2. The molecule has 1 atom stereocenters. The summed E-state index contributed by atoms with van der Waals surface area (Å²) in [5.41, 5.74) is 5.86. The smallest absolute Gasteiger partial charge is 0.225 e. The highest BCUT2D eigenvalue weighted by atomic mass is 19.1. The molecule has 2 aromatic carbocycles. The van der Waals surface area contributed by atoms with Crippen LogP contribution in [0.2, 0.25) is 0 Å². The molecule has 3 heteroatoms. The second-order valence-corrected chi connectivity index (χ2v) is 5.92. The Hall–Kier alpha value is -2.16. The molecule has 0 fully saturated rings. The minimum Gasteiger partial charge on any atom is -0.326 e. The minimum absolute atomic E-state index is 0.0280. The minimum atomic E-state index is -0.242. The molecule has 4 rings (SSSR count). The van der Waals surface area contributed by atoms with E-state index >= 15 is 0 Å². The van der Waals surface area contributed by atoms with Crippen molar-refractivity contribution in [2.24, 2.45) is 0 Å². The maximum Gasteiger partial charge on any atom is 0.225 e. The maximum absolute atomic E-state index is 13.1.